The molecule has 2 fully saturated rings. The lowest BCUT2D eigenvalue weighted by Crippen LogP contribution is -2.76. The molecule has 3 N–H and O–H groups in total. The number of amides is 4. The first kappa shape index (κ1) is 27.8. The Labute approximate surface area is 226 Å². The summed E-state index contributed by atoms with van der Waals surface area (Å²) >= 11 is 1.11. The fraction of sp³-hybridized carbons (Fsp3) is 0.423. The third kappa shape index (κ3) is 6.62. The van der Waals surface area contributed by atoms with Crippen LogP contribution >= 0.6 is 11.9 Å². The number of hydrazine groups is 1. The van der Waals surface area contributed by atoms with Crippen molar-refractivity contribution in [2.45, 2.75) is 31.8 Å². The lowest BCUT2D eigenvalue weighted by atomic mass is 10.0. The molecular formula is C26H33FN6O4S. The monoisotopic (exact) mass is 544 g/mol. The molecule has 0 unspecified atom stereocenters. The normalized spacial score (nSPS) is 20.0. The number of piperazine rings is 1. The number of halogens is 1. The number of hydrogen-bond acceptors (Lipinski definition) is 7. The van der Waals surface area contributed by atoms with Crippen molar-refractivity contribution in [2.24, 2.45) is 5.14 Å². The second-order valence-electron chi connectivity index (χ2n) is 9.22. The third-order valence-corrected chi connectivity index (χ3v) is 7.10. The predicted molar refractivity (Wildman–Crippen MR) is 141 cm³/mol. The average Bonchev–Trinajstić information content (AvgIpc) is 2.91. The van der Waals surface area contributed by atoms with Crippen LogP contribution in [0.5, 0.6) is 0 Å². The van der Waals surface area contributed by atoms with Crippen molar-refractivity contribution in [3.63, 3.8) is 0 Å². The first-order chi connectivity index (χ1) is 18.4. The molecule has 2 aliphatic heterocycles. The summed E-state index contributed by atoms with van der Waals surface area (Å²) < 4.78 is 18.9. The third-order valence-electron chi connectivity index (χ3n) is 6.63. The molecule has 4 amide bonds. The van der Waals surface area contributed by atoms with Gasteiger partial charge in [-0.25, -0.2) is 19.2 Å². The number of carbonyl (C=O) groups is 3. The van der Waals surface area contributed by atoms with Gasteiger partial charge in [0.15, 0.2) is 0 Å². The summed E-state index contributed by atoms with van der Waals surface area (Å²) in [5, 5.41) is 11.7. The van der Waals surface area contributed by atoms with Gasteiger partial charge >= 0.3 is 6.03 Å². The molecule has 2 aromatic carbocycles. The van der Waals surface area contributed by atoms with E-state index in [2.05, 4.69) is 5.32 Å². The van der Waals surface area contributed by atoms with Crippen molar-refractivity contribution >= 4 is 29.8 Å². The first-order valence-electron chi connectivity index (χ1n) is 12.4. The number of hydrogen-bond donors (Lipinski definition) is 2. The molecule has 0 aromatic heterocycles. The van der Waals surface area contributed by atoms with Gasteiger partial charge in [0.1, 0.15) is 18.0 Å². The van der Waals surface area contributed by atoms with Crippen LogP contribution in [0.4, 0.5) is 9.18 Å². The lowest BCUT2D eigenvalue weighted by molar-refractivity contribution is -0.187. The summed E-state index contributed by atoms with van der Waals surface area (Å²) in [6.45, 7) is 1.28. The molecule has 2 atom stereocenters. The minimum Gasteiger partial charge on any atom is -0.375 e. The Balaban J connectivity index is 1.46. The Morgan fingerprint density at radius 3 is 2.58 bits per heavy atom. The SMILES string of the molecule is CN1CC(=O)N2[C@@H](CCSN)C(=O)N(CCOCc3ccc(F)cc3)C[C@@H]2N1C(=O)NCc1ccccc1. The van der Waals surface area contributed by atoms with Gasteiger partial charge in [0.2, 0.25) is 11.8 Å². The number of rotatable bonds is 10. The van der Waals surface area contributed by atoms with E-state index in [4.69, 9.17) is 9.88 Å². The molecule has 204 valence electrons. The maximum Gasteiger partial charge on any atom is 0.334 e. The number of carbonyl (C=O) groups excluding carboxylic acids is 3. The summed E-state index contributed by atoms with van der Waals surface area (Å²) in [6.07, 6.45) is -0.294. The van der Waals surface area contributed by atoms with Gasteiger partial charge in [-0.1, -0.05) is 54.4 Å². The van der Waals surface area contributed by atoms with Gasteiger partial charge < -0.3 is 19.9 Å². The van der Waals surface area contributed by atoms with Crippen LogP contribution in [0.3, 0.4) is 0 Å². The van der Waals surface area contributed by atoms with Crippen LogP contribution in [0.1, 0.15) is 17.5 Å². The standard InChI is InChI=1S/C26H33FN6O4S/c1-30-17-24(34)32-22(11-14-38-28)25(35)31(12-13-37-18-20-7-9-21(27)10-8-20)16-23(32)33(30)26(36)29-15-19-5-3-2-4-6-19/h2-10,22-23H,11-18,28H2,1H3,(H,29,36)/t22-,23-/m0/s1. The number of nitrogens with two attached hydrogens (primary N) is 1. The Hall–Kier alpha value is -3.19. The molecule has 0 spiro atoms. The number of likely N-dealkylation sites (N-methyl/N-ethyl adjacent to an activating group) is 1. The van der Waals surface area contributed by atoms with Crippen molar-refractivity contribution in [1.29, 1.82) is 0 Å². The van der Waals surface area contributed by atoms with Crippen molar-refractivity contribution < 1.29 is 23.5 Å². The molecular weight excluding hydrogens is 511 g/mol. The van der Waals surface area contributed by atoms with E-state index in [9.17, 15) is 18.8 Å². The molecule has 38 heavy (non-hydrogen) atoms. The second-order valence-corrected chi connectivity index (χ2v) is 9.97. The van der Waals surface area contributed by atoms with Crippen LogP contribution in [0.15, 0.2) is 54.6 Å². The van der Waals surface area contributed by atoms with Crippen LogP contribution in [0, 0.1) is 5.82 Å². The van der Waals surface area contributed by atoms with Gasteiger partial charge in [-0.3, -0.25) is 14.7 Å². The number of nitrogens with one attached hydrogen (secondary N) is 1. The van der Waals surface area contributed by atoms with Crippen LogP contribution in [-0.2, 0) is 27.5 Å². The zero-order valence-corrected chi connectivity index (χ0v) is 22.1. The lowest BCUT2D eigenvalue weighted by Gasteiger charge is -2.54. The summed E-state index contributed by atoms with van der Waals surface area (Å²) in [6, 6.07) is 14.5. The number of urea groups is 1. The molecule has 2 saturated heterocycles. The molecule has 10 nitrogen and oxygen atoms in total. The maximum atomic E-state index is 13.5. The molecule has 0 saturated carbocycles. The van der Waals surface area contributed by atoms with E-state index in [-0.39, 0.29) is 56.5 Å². The summed E-state index contributed by atoms with van der Waals surface area (Å²) in [5.74, 6) is -0.235. The quantitative estimate of drug-likeness (QED) is 0.347. The summed E-state index contributed by atoms with van der Waals surface area (Å²) in [7, 11) is 1.69. The van der Waals surface area contributed by atoms with E-state index >= 15 is 0 Å². The minimum atomic E-state index is -0.729. The largest absolute Gasteiger partial charge is 0.375 e. The highest BCUT2D eigenvalue weighted by Gasteiger charge is 2.50. The fourth-order valence-electron chi connectivity index (χ4n) is 4.76. The Kier molecular flexibility index (Phi) is 9.56. The van der Waals surface area contributed by atoms with Gasteiger partial charge in [0, 0.05) is 25.9 Å². The number of fused-ring (bicyclic) bond motifs is 1. The zero-order chi connectivity index (χ0) is 27.1. The maximum absolute atomic E-state index is 13.5. The van der Waals surface area contributed by atoms with Gasteiger partial charge in [0.25, 0.3) is 0 Å². The van der Waals surface area contributed by atoms with Crippen LogP contribution in [0.2, 0.25) is 0 Å². The van der Waals surface area contributed by atoms with Gasteiger partial charge in [-0.15, -0.1) is 0 Å². The van der Waals surface area contributed by atoms with Gasteiger partial charge in [0.05, 0.1) is 26.3 Å². The highest BCUT2D eigenvalue weighted by Crippen LogP contribution is 2.27. The van der Waals surface area contributed by atoms with E-state index in [1.807, 2.05) is 30.3 Å². The van der Waals surface area contributed by atoms with Crippen LogP contribution in [0.25, 0.3) is 0 Å². The fourth-order valence-corrected chi connectivity index (χ4v) is 5.12. The van der Waals surface area contributed by atoms with E-state index in [0.29, 0.717) is 18.7 Å². The molecule has 2 aromatic rings. The summed E-state index contributed by atoms with van der Waals surface area (Å²) in [5.41, 5.74) is 1.77. The molecule has 2 heterocycles. The van der Waals surface area contributed by atoms with Crippen molar-refractivity contribution in [2.75, 3.05) is 39.0 Å². The summed E-state index contributed by atoms with van der Waals surface area (Å²) in [4.78, 5) is 43.1. The number of benzene rings is 2. The molecule has 2 aliphatic rings. The average molecular weight is 545 g/mol. The Morgan fingerprint density at radius 1 is 1.13 bits per heavy atom. The zero-order valence-electron chi connectivity index (χ0n) is 21.3. The van der Waals surface area contributed by atoms with Gasteiger partial charge in [-0.2, -0.15) is 0 Å². The van der Waals surface area contributed by atoms with Gasteiger partial charge in [-0.05, 0) is 29.7 Å². The van der Waals surface area contributed by atoms with Crippen molar-refractivity contribution in [3.8, 4) is 0 Å². The van der Waals surface area contributed by atoms with E-state index in [1.165, 1.54) is 22.0 Å². The van der Waals surface area contributed by atoms with Crippen LogP contribution in [-0.4, -0.2) is 88.9 Å². The second kappa shape index (κ2) is 13.1. The molecule has 0 radical (unpaired) electrons. The first-order valence-corrected chi connectivity index (χ1v) is 13.5. The Morgan fingerprint density at radius 2 is 1.87 bits per heavy atom. The van der Waals surface area contributed by atoms with Crippen molar-refractivity contribution in [1.82, 2.24) is 25.1 Å². The molecule has 4 rings (SSSR count). The van der Waals surface area contributed by atoms with Crippen LogP contribution < -0.4 is 10.5 Å². The predicted octanol–water partition coefficient (Wildman–Crippen LogP) is 1.78. The Bertz CT molecular complexity index is 1110. The smallest absolute Gasteiger partial charge is 0.334 e. The topological polar surface area (TPSA) is 111 Å². The molecule has 12 heteroatoms. The highest BCUT2D eigenvalue weighted by atomic mass is 32.2. The minimum absolute atomic E-state index is 0.0183. The highest BCUT2D eigenvalue weighted by molar-refractivity contribution is 7.97. The number of nitrogens with zero attached hydrogens (tertiary/aromatic N) is 4. The number of ether oxygens (including phenoxy) is 1. The molecule has 0 bridgehead atoms. The van der Waals surface area contributed by atoms with E-state index in [0.717, 1.165) is 23.1 Å². The van der Waals surface area contributed by atoms with E-state index in [1.54, 1.807) is 29.1 Å². The van der Waals surface area contributed by atoms with E-state index < -0.39 is 12.2 Å². The van der Waals surface area contributed by atoms with Crippen molar-refractivity contribution in [3.05, 3.63) is 71.5 Å². The molecule has 0 aliphatic carbocycles.